The second-order valence-corrected chi connectivity index (χ2v) is 7.75. The fourth-order valence-electron chi connectivity index (χ4n) is 4.31. The van der Waals surface area contributed by atoms with Gasteiger partial charge in [-0.3, -0.25) is 4.98 Å². The molecule has 3 aromatic rings. The van der Waals surface area contributed by atoms with Crippen molar-refractivity contribution in [3.63, 3.8) is 0 Å². The average Bonchev–Trinajstić information content (AvgIpc) is 3.14. The first-order valence-electron chi connectivity index (χ1n) is 9.92. The summed E-state index contributed by atoms with van der Waals surface area (Å²) in [7, 11) is 0. The van der Waals surface area contributed by atoms with Gasteiger partial charge in [0.05, 0.1) is 17.4 Å². The Morgan fingerprint density at radius 2 is 1.93 bits per heavy atom. The van der Waals surface area contributed by atoms with E-state index >= 15 is 0 Å². The summed E-state index contributed by atoms with van der Waals surface area (Å²) in [6, 6.07) is 9.81. The fourth-order valence-corrected chi connectivity index (χ4v) is 4.31. The standard InChI is InChI=1S/C22H26N4O2/c1-16-20-13-24-21(26(20)12-11-23-16)19-9-7-18(8-10-19)15-25(22(27)28)14-17-5-3-2-4-6-17/h2-6,11-13,18-19H,7-10,14-15H2,1H3,(H,27,28)/t18-,19-. The van der Waals surface area contributed by atoms with Gasteiger partial charge in [-0.1, -0.05) is 30.3 Å². The molecule has 1 N–H and O–H groups in total. The highest BCUT2D eigenvalue weighted by molar-refractivity contribution is 5.65. The zero-order valence-electron chi connectivity index (χ0n) is 16.2. The van der Waals surface area contributed by atoms with Crippen LogP contribution in [0.15, 0.2) is 48.9 Å². The van der Waals surface area contributed by atoms with Gasteiger partial charge in [-0.25, -0.2) is 9.78 Å². The highest BCUT2D eigenvalue weighted by Gasteiger charge is 2.27. The lowest BCUT2D eigenvalue weighted by molar-refractivity contribution is 0.126. The van der Waals surface area contributed by atoms with Gasteiger partial charge in [-0.2, -0.15) is 0 Å². The van der Waals surface area contributed by atoms with Crippen molar-refractivity contribution in [2.75, 3.05) is 6.54 Å². The molecule has 1 saturated carbocycles. The summed E-state index contributed by atoms with van der Waals surface area (Å²) in [6.07, 6.45) is 9.04. The number of hydrogen-bond acceptors (Lipinski definition) is 3. The van der Waals surface area contributed by atoms with Crippen LogP contribution < -0.4 is 0 Å². The number of carbonyl (C=O) groups is 1. The summed E-state index contributed by atoms with van der Waals surface area (Å²) in [6.45, 7) is 3.06. The van der Waals surface area contributed by atoms with E-state index in [0.717, 1.165) is 48.3 Å². The summed E-state index contributed by atoms with van der Waals surface area (Å²) in [5.41, 5.74) is 3.10. The normalized spacial score (nSPS) is 19.6. The van der Waals surface area contributed by atoms with Crippen LogP contribution >= 0.6 is 0 Å². The number of aromatic nitrogens is 3. The van der Waals surface area contributed by atoms with Gasteiger partial charge in [0.25, 0.3) is 0 Å². The SMILES string of the molecule is Cc1nccn2c1cnc2[C@H]1CC[C@H](CN(Cc2ccccc2)C(=O)O)CC1. The monoisotopic (exact) mass is 378 g/mol. The third kappa shape index (κ3) is 3.86. The summed E-state index contributed by atoms with van der Waals surface area (Å²) >= 11 is 0. The van der Waals surface area contributed by atoms with Gasteiger partial charge in [-0.15, -0.1) is 0 Å². The molecular formula is C22H26N4O2. The number of rotatable bonds is 5. The number of imidazole rings is 1. The van der Waals surface area contributed by atoms with Gasteiger partial charge in [0.2, 0.25) is 0 Å². The van der Waals surface area contributed by atoms with E-state index in [1.807, 2.05) is 55.8 Å². The molecule has 0 radical (unpaired) electrons. The van der Waals surface area contributed by atoms with Crippen molar-refractivity contribution >= 4 is 11.6 Å². The molecule has 2 aromatic heterocycles. The molecule has 2 heterocycles. The van der Waals surface area contributed by atoms with Gasteiger partial charge in [-0.05, 0) is 44.1 Å². The van der Waals surface area contributed by atoms with E-state index in [2.05, 4.69) is 14.4 Å². The summed E-state index contributed by atoms with van der Waals surface area (Å²) < 4.78 is 2.16. The Bertz CT molecular complexity index is 946. The minimum Gasteiger partial charge on any atom is -0.465 e. The first-order valence-corrected chi connectivity index (χ1v) is 9.92. The average molecular weight is 378 g/mol. The molecule has 0 spiro atoms. The lowest BCUT2D eigenvalue weighted by Crippen LogP contribution is -2.35. The maximum Gasteiger partial charge on any atom is 0.407 e. The highest BCUT2D eigenvalue weighted by Crippen LogP contribution is 2.36. The molecule has 1 aliphatic carbocycles. The van der Waals surface area contributed by atoms with Crippen molar-refractivity contribution in [2.24, 2.45) is 5.92 Å². The summed E-state index contributed by atoms with van der Waals surface area (Å²) in [4.78, 5) is 22.3. The minimum absolute atomic E-state index is 0.408. The molecule has 0 bridgehead atoms. The third-order valence-corrected chi connectivity index (χ3v) is 5.86. The molecule has 6 nitrogen and oxygen atoms in total. The van der Waals surface area contributed by atoms with Crippen molar-refractivity contribution in [1.29, 1.82) is 0 Å². The van der Waals surface area contributed by atoms with Gasteiger partial charge in [0.15, 0.2) is 0 Å². The van der Waals surface area contributed by atoms with Crippen LogP contribution in [0.25, 0.3) is 5.52 Å². The van der Waals surface area contributed by atoms with Gasteiger partial charge < -0.3 is 14.4 Å². The molecule has 146 valence electrons. The Hall–Kier alpha value is -2.89. The number of aryl methyl sites for hydroxylation is 1. The van der Waals surface area contributed by atoms with Crippen molar-refractivity contribution in [3.05, 3.63) is 66.0 Å². The van der Waals surface area contributed by atoms with Crippen molar-refractivity contribution in [1.82, 2.24) is 19.3 Å². The van der Waals surface area contributed by atoms with Crippen LogP contribution in [-0.2, 0) is 6.54 Å². The van der Waals surface area contributed by atoms with Crippen LogP contribution in [0.1, 0.15) is 48.7 Å². The van der Waals surface area contributed by atoms with E-state index in [0.29, 0.717) is 24.9 Å². The molecule has 4 rings (SSSR count). The Kier molecular flexibility index (Phi) is 5.28. The van der Waals surface area contributed by atoms with Crippen LogP contribution in [0.5, 0.6) is 0 Å². The summed E-state index contributed by atoms with van der Waals surface area (Å²) in [5, 5.41) is 9.62. The zero-order chi connectivity index (χ0) is 19.5. The second kappa shape index (κ2) is 8.00. The number of carboxylic acid groups (broad SMARTS) is 1. The predicted molar refractivity (Wildman–Crippen MR) is 107 cm³/mol. The second-order valence-electron chi connectivity index (χ2n) is 7.75. The van der Waals surface area contributed by atoms with Crippen molar-refractivity contribution in [3.8, 4) is 0 Å². The van der Waals surface area contributed by atoms with E-state index in [4.69, 9.17) is 0 Å². The van der Waals surface area contributed by atoms with Crippen LogP contribution in [0.2, 0.25) is 0 Å². The number of fused-ring (bicyclic) bond motifs is 1. The quantitative estimate of drug-likeness (QED) is 0.710. The first-order chi connectivity index (χ1) is 13.6. The van der Waals surface area contributed by atoms with E-state index in [1.54, 1.807) is 4.90 Å². The lowest BCUT2D eigenvalue weighted by Gasteiger charge is -2.31. The molecule has 6 heteroatoms. The highest BCUT2D eigenvalue weighted by atomic mass is 16.4. The van der Waals surface area contributed by atoms with Crippen LogP contribution in [0.3, 0.4) is 0 Å². The van der Waals surface area contributed by atoms with Gasteiger partial charge >= 0.3 is 6.09 Å². The number of amides is 1. The number of hydrogen-bond donors (Lipinski definition) is 1. The predicted octanol–water partition coefficient (Wildman–Crippen LogP) is 4.49. The Balaban J connectivity index is 1.39. The molecule has 0 atom stereocenters. The Morgan fingerprint density at radius 1 is 1.18 bits per heavy atom. The van der Waals surface area contributed by atoms with Crippen molar-refractivity contribution in [2.45, 2.75) is 45.1 Å². The molecule has 0 saturated heterocycles. The molecule has 0 aliphatic heterocycles. The molecule has 28 heavy (non-hydrogen) atoms. The van der Waals surface area contributed by atoms with E-state index < -0.39 is 6.09 Å². The van der Waals surface area contributed by atoms with Crippen LogP contribution in [0, 0.1) is 12.8 Å². The van der Waals surface area contributed by atoms with Crippen LogP contribution in [-0.4, -0.2) is 37.0 Å². The minimum atomic E-state index is -0.840. The van der Waals surface area contributed by atoms with Gasteiger partial charge in [0, 0.05) is 31.4 Å². The smallest absolute Gasteiger partial charge is 0.407 e. The van der Waals surface area contributed by atoms with Crippen LogP contribution in [0.4, 0.5) is 4.79 Å². The maximum absolute atomic E-state index is 11.7. The molecule has 1 aromatic carbocycles. The Morgan fingerprint density at radius 3 is 2.64 bits per heavy atom. The number of nitrogens with zero attached hydrogens (tertiary/aromatic N) is 4. The van der Waals surface area contributed by atoms with Crippen molar-refractivity contribution < 1.29 is 9.90 Å². The molecular weight excluding hydrogens is 352 g/mol. The number of benzene rings is 1. The largest absolute Gasteiger partial charge is 0.465 e. The molecule has 1 amide bonds. The summed E-state index contributed by atoms with van der Waals surface area (Å²) in [5.74, 6) is 1.94. The van der Waals surface area contributed by atoms with Gasteiger partial charge in [0.1, 0.15) is 5.82 Å². The molecule has 0 unspecified atom stereocenters. The van der Waals surface area contributed by atoms with E-state index in [9.17, 15) is 9.90 Å². The first kappa shape index (κ1) is 18.5. The lowest BCUT2D eigenvalue weighted by atomic mass is 9.81. The maximum atomic E-state index is 11.7. The topological polar surface area (TPSA) is 70.7 Å². The van der Waals surface area contributed by atoms with E-state index in [1.165, 1.54) is 0 Å². The third-order valence-electron chi connectivity index (χ3n) is 5.86. The molecule has 1 aliphatic rings. The molecule has 1 fully saturated rings. The van der Waals surface area contributed by atoms with E-state index in [-0.39, 0.29) is 0 Å². The zero-order valence-corrected chi connectivity index (χ0v) is 16.2. The Labute approximate surface area is 164 Å². The fraction of sp³-hybridized carbons (Fsp3) is 0.409.